The van der Waals surface area contributed by atoms with Gasteiger partial charge in [0.1, 0.15) is 11.2 Å². The van der Waals surface area contributed by atoms with Gasteiger partial charge in [-0.2, -0.15) is 0 Å². The van der Waals surface area contributed by atoms with Crippen LogP contribution < -0.4 is 9.80 Å². The molecule has 2 heterocycles. The Hall–Kier alpha value is -10.2. The highest BCUT2D eigenvalue weighted by molar-refractivity contribution is 6.24. The Kier molecular flexibility index (Phi) is 10.3. The summed E-state index contributed by atoms with van der Waals surface area (Å²) in [6, 6.07) is 94.6. The van der Waals surface area contributed by atoms with Crippen molar-refractivity contribution in [3.8, 4) is 22.3 Å². The minimum Gasteiger partial charge on any atom is -0.454 e. The SMILES string of the molecule is CC(C)c1cccc2c1oc1c(N(c3ccccc3)c3ccc4c5c(c6ccccc6c4c3)-c3cc(N(c4ccccc4)c4cccc6c4oc4c(C(C)C)cccc46)c4ccccc4c3C53c4ccccc4-c4ccccc43)cccc12. The molecule has 0 saturated heterocycles. The highest BCUT2D eigenvalue weighted by Gasteiger charge is 2.54. The molecular formula is C79H56N2O2. The fourth-order valence-corrected chi connectivity index (χ4v) is 14.9. The molecule has 0 saturated carbocycles. The molecule has 0 bridgehead atoms. The minimum atomic E-state index is -0.698. The zero-order chi connectivity index (χ0) is 55.2. The first kappa shape index (κ1) is 47.6. The molecule has 2 aromatic heterocycles. The molecular weight excluding hydrogens is 1010 g/mol. The van der Waals surface area contributed by atoms with Gasteiger partial charge in [-0.1, -0.05) is 228 Å². The van der Waals surface area contributed by atoms with Gasteiger partial charge in [-0.3, -0.25) is 0 Å². The average molecular weight is 1070 g/mol. The smallest absolute Gasteiger partial charge is 0.159 e. The largest absolute Gasteiger partial charge is 0.454 e. The molecule has 0 fully saturated rings. The Morgan fingerprint density at radius 1 is 0.289 bits per heavy atom. The highest BCUT2D eigenvalue weighted by Crippen LogP contribution is 2.68. The second kappa shape index (κ2) is 17.9. The van der Waals surface area contributed by atoms with Crippen molar-refractivity contribution in [3.05, 3.63) is 288 Å². The van der Waals surface area contributed by atoms with Crippen LogP contribution >= 0.6 is 0 Å². The zero-order valence-electron chi connectivity index (χ0n) is 46.6. The molecule has 2 aliphatic carbocycles. The lowest BCUT2D eigenvalue weighted by Crippen LogP contribution is -2.26. The fourth-order valence-electron chi connectivity index (χ4n) is 14.9. The van der Waals surface area contributed by atoms with E-state index in [2.05, 4.69) is 292 Å². The Labute approximate surface area is 481 Å². The normalized spacial score (nSPS) is 13.1. The van der Waals surface area contributed by atoms with Gasteiger partial charge in [-0.25, -0.2) is 0 Å². The summed E-state index contributed by atoms with van der Waals surface area (Å²) >= 11 is 0. The monoisotopic (exact) mass is 1060 g/mol. The summed E-state index contributed by atoms with van der Waals surface area (Å²) in [4.78, 5) is 4.86. The van der Waals surface area contributed by atoms with Crippen LogP contribution in [0.4, 0.5) is 34.1 Å². The second-order valence-corrected chi connectivity index (χ2v) is 23.3. The van der Waals surface area contributed by atoms with Crippen LogP contribution in [0.5, 0.6) is 0 Å². The van der Waals surface area contributed by atoms with E-state index in [0.29, 0.717) is 11.8 Å². The molecule has 0 aliphatic heterocycles. The first-order chi connectivity index (χ1) is 40.9. The van der Waals surface area contributed by atoms with Crippen molar-refractivity contribution in [2.24, 2.45) is 0 Å². The molecule has 4 nitrogen and oxygen atoms in total. The summed E-state index contributed by atoms with van der Waals surface area (Å²) in [6.45, 7) is 8.98. The molecule has 0 atom stereocenters. The van der Waals surface area contributed by atoms with Crippen LogP contribution in [-0.2, 0) is 5.41 Å². The average Bonchev–Trinajstić information content (AvgIpc) is 1.54. The first-order valence-electron chi connectivity index (χ1n) is 29.2. The summed E-state index contributed by atoms with van der Waals surface area (Å²) in [7, 11) is 0. The second-order valence-electron chi connectivity index (χ2n) is 23.3. The number of benzene rings is 13. The van der Waals surface area contributed by atoms with Gasteiger partial charge in [-0.05, 0) is 149 Å². The van der Waals surface area contributed by atoms with E-state index in [-0.39, 0.29) is 0 Å². The van der Waals surface area contributed by atoms with Crippen LogP contribution in [-0.4, -0.2) is 0 Å². The number of nitrogens with zero attached hydrogens (tertiary/aromatic N) is 2. The van der Waals surface area contributed by atoms with Crippen LogP contribution in [0.3, 0.4) is 0 Å². The van der Waals surface area contributed by atoms with Gasteiger partial charge in [-0.15, -0.1) is 0 Å². The fraction of sp³-hybridized carbons (Fsp3) is 0.0886. The van der Waals surface area contributed by atoms with E-state index < -0.39 is 5.41 Å². The molecule has 1 spiro atoms. The van der Waals surface area contributed by atoms with Crippen molar-refractivity contribution in [2.75, 3.05) is 9.80 Å². The standard InChI is InChI=1S/C79H56N2O2/c1-47(2)52-33-19-35-61-63-37-21-41-69(77(63)82-75(52)61)80(49-23-7-5-8-24-49)51-43-44-60-65(45-51)54-27-11-13-31-58(54)72-66-46-71(81(50-25-9-6-10-26-50)70-42-22-38-64-62-36-20-34-53(48(3)4)76(62)83-78(64)70)57-30-12-14-32-59(57)73(66)79(74(60)72)67-39-17-15-28-55(67)56-29-16-18-40-68(56)79/h5-48H,1-4H3. The van der Waals surface area contributed by atoms with Gasteiger partial charge in [0.25, 0.3) is 0 Å². The topological polar surface area (TPSA) is 32.8 Å². The van der Waals surface area contributed by atoms with Crippen molar-refractivity contribution in [2.45, 2.75) is 44.9 Å². The Bertz CT molecular complexity index is 5130. The van der Waals surface area contributed by atoms with Crippen molar-refractivity contribution in [1.29, 1.82) is 0 Å². The molecule has 0 N–H and O–H groups in total. The Balaban J connectivity index is 0.991. The lowest BCUT2D eigenvalue weighted by atomic mass is 9.68. The highest BCUT2D eigenvalue weighted by atomic mass is 16.3. The van der Waals surface area contributed by atoms with Gasteiger partial charge in [0, 0.05) is 44.0 Å². The molecule has 13 aromatic carbocycles. The zero-order valence-corrected chi connectivity index (χ0v) is 46.6. The van der Waals surface area contributed by atoms with Crippen LogP contribution in [0.15, 0.2) is 264 Å². The quantitative estimate of drug-likeness (QED) is 0.142. The molecule has 2 aliphatic rings. The number of rotatable bonds is 8. The number of hydrogen-bond acceptors (Lipinski definition) is 4. The van der Waals surface area contributed by atoms with E-state index in [4.69, 9.17) is 8.83 Å². The summed E-state index contributed by atoms with van der Waals surface area (Å²) in [5, 5.41) is 11.7. The van der Waals surface area contributed by atoms with E-state index in [0.717, 1.165) is 83.4 Å². The molecule has 17 rings (SSSR count). The maximum atomic E-state index is 7.20. The van der Waals surface area contributed by atoms with Gasteiger partial charge in [0.05, 0.1) is 22.5 Å². The number of furan rings is 2. The summed E-state index contributed by atoms with van der Waals surface area (Å²) in [5.41, 5.74) is 21.8. The van der Waals surface area contributed by atoms with Crippen LogP contribution in [0.2, 0.25) is 0 Å². The summed E-state index contributed by atoms with van der Waals surface area (Å²) < 4.78 is 14.3. The number of fused-ring (bicyclic) bond motifs is 23. The molecule has 15 aromatic rings. The third-order valence-electron chi connectivity index (χ3n) is 18.3. The van der Waals surface area contributed by atoms with Crippen molar-refractivity contribution < 1.29 is 8.83 Å². The van der Waals surface area contributed by atoms with E-state index in [1.54, 1.807) is 0 Å². The van der Waals surface area contributed by atoms with E-state index in [1.165, 1.54) is 82.6 Å². The maximum absolute atomic E-state index is 7.20. The lowest BCUT2D eigenvalue weighted by molar-refractivity contribution is 0.657. The Morgan fingerprint density at radius 2 is 0.735 bits per heavy atom. The van der Waals surface area contributed by atoms with Gasteiger partial charge in [0.15, 0.2) is 11.2 Å². The molecule has 0 amide bonds. The van der Waals surface area contributed by atoms with Crippen LogP contribution in [0.25, 0.3) is 98.4 Å². The third-order valence-corrected chi connectivity index (χ3v) is 18.3. The number of anilines is 6. The summed E-state index contributed by atoms with van der Waals surface area (Å²) in [6.07, 6.45) is 0. The van der Waals surface area contributed by atoms with E-state index >= 15 is 0 Å². The molecule has 0 radical (unpaired) electrons. The number of hydrogen-bond donors (Lipinski definition) is 0. The van der Waals surface area contributed by atoms with E-state index in [9.17, 15) is 0 Å². The minimum absolute atomic E-state index is 0.294. The lowest BCUT2D eigenvalue weighted by Gasteiger charge is -2.34. The van der Waals surface area contributed by atoms with Crippen LogP contribution in [0, 0.1) is 0 Å². The predicted octanol–water partition coefficient (Wildman–Crippen LogP) is 22.5. The molecule has 394 valence electrons. The molecule has 4 heteroatoms. The van der Waals surface area contributed by atoms with Crippen molar-refractivity contribution >= 4 is 110 Å². The van der Waals surface area contributed by atoms with Gasteiger partial charge in [0.2, 0.25) is 0 Å². The third kappa shape index (κ3) is 6.58. The first-order valence-corrected chi connectivity index (χ1v) is 29.2. The molecule has 0 unspecified atom stereocenters. The van der Waals surface area contributed by atoms with Crippen LogP contribution in [0.1, 0.15) is 72.9 Å². The Morgan fingerprint density at radius 3 is 1.31 bits per heavy atom. The molecule has 83 heavy (non-hydrogen) atoms. The maximum Gasteiger partial charge on any atom is 0.159 e. The predicted molar refractivity (Wildman–Crippen MR) is 347 cm³/mol. The van der Waals surface area contributed by atoms with Gasteiger partial charge >= 0.3 is 0 Å². The van der Waals surface area contributed by atoms with Crippen molar-refractivity contribution in [1.82, 2.24) is 0 Å². The van der Waals surface area contributed by atoms with Gasteiger partial charge < -0.3 is 18.6 Å². The van der Waals surface area contributed by atoms with Crippen molar-refractivity contribution in [3.63, 3.8) is 0 Å². The number of para-hydroxylation sites is 6. The van der Waals surface area contributed by atoms with E-state index in [1.807, 2.05) is 0 Å². The summed E-state index contributed by atoms with van der Waals surface area (Å²) in [5.74, 6) is 0.600.